The Morgan fingerprint density at radius 3 is 2.88 bits per heavy atom. The van der Waals surface area contributed by atoms with Gasteiger partial charge in [-0.1, -0.05) is 18.1 Å². The van der Waals surface area contributed by atoms with Gasteiger partial charge in [-0.2, -0.15) is 0 Å². The Hall–Kier alpha value is -1.47. The first kappa shape index (κ1) is 17.9. The zero-order chi connectivity index (χ0) is 18.3. The molecule has 3 saturated heterocycles. The number of carbonyl (C=O) groups is 1. The third-order valence-electron chi connectivity index (χ3n) is 6.67. The van der Waals surface area contributed by atoms with Crippen LogP contribution in [0.2, 0.25) is 0 Å². The minimum atomic E-state index is -0.767. The van der Waals surface area contributed by atoms with Gasteiger partial charge >= 0.3 is 0 Å². The molecule has 0 spiro atoms. The maximum Gasteiger partial charge on any atom is 0.229 e. The van der Waals surface area contributed by atoms with Gasteiger partial charge in [0.05, 0.1) is 31.7 Å². The molecule has 4 fully saturated rings. The number of aromatic nitrogens is 3. The Kier molecular flexibility index (Phi) is 4.77. The van der Waals surface area contributed by atoms with Crippen molar-refractivity contribution >= 4 is 5.91 Å². The number of amides is 1. The Morgan fingerprint density at radius 2 is 2.23 bits per heavy atom. The van der Waals surface area contributed by atoms with Crippen LogP contribution in [0.4, 0.5) is 0 Å². The van der Waals surface area contributed by atoms with Gasteiger partial charge in [-0.3, -0.25) is 4.79 Å². The number of piperidine rings is 3. The van der Waals surface area contributed by atoms with Gasteiger partial charge in [0.15, 0.2) is 0 Å². The van der Waals surface area contributed by atoms with Gasteiger partial charge in [0.25, 0.3) is 0 Å². The van der Waals surface area contributed by atoms with Crippen LogP contribution in [0.5, 0.6) is 0 Å². The van der Waals surface area contributed by atoms with Crippen molar-refractivity contribution in [1.82, 2.24) is 20.3 Å². The average Bonchev–Trinajstić information content (AvgIpc) is 3.25. The van der Waals surface area contributed by atoms with Crippen LogP contribution in [0.3, 0.4) is 0 Å². The lowest BCUT2D eigenvalue weighted by Gasteiger charge is -2.46. The average molecular weight is 362 g/mol. The van der Waals surface area contributed by atoms with Gasteiger partial charge < -0.3 is 15.3 Å². The molecule has 1 aromatic heterocycles. The lowest BCUT2D eigenvalue weighted by Crippen LogP contribution is -3.20. The maximum atomic E-state index is 12.5. The van der Waals surface area contributed by atoms with Crippen LogP contribution < -0.4 is 10.2 Å². The van der Waals surface area contributed by atoms with Crippen molar-refractivity contribution in [3.05, 3.63) is 11.9 Å². The van der Waals surface area contributed by atoms with E-state index in [0.717, 1.165) is 63.9 Å². The first-order valence-electron chi connectivity index (χ1n) is 10.2. The highest BCUT2D eigenvalue weighted by Gasteiger charge is 2.46. The van der Waals surface area contributed by atoms with Crippen LogP contribution in [-0.4, -0.2) is 51.2 Å². The summed E-state index contributed by atoms with van der Waals surface area (Å²) in [6, 6.07) is 0.698. The summed E-state index contributed by atoms with van der Waals surface area (Å²) in [5, 5.41) is 22.3. The molecule has 0 radical (unpaired) electrons. The second-order valence-corrected chi connectivity index (χ2v) is 8.93. The zero-order valence-electron chi connectivity index (χ0n) is 15.9. The first-order chi connectivity index (χ1) is 12.4. The highest BCUT2D eigenvalue weighted by atomic mass is 16.3. The van der Waals surface area contributed by atoms with Gasteiger partial charge in [-0.15, -0.1) is 5.10 Å². The molecule has 144 valence electrons. The molecule has 5 rings (SSSR count). The van der Waals surface area contributed by atoms with Crippen molar-refractivity contribution in [2.24, 2.45) is 11.8 Å². The minimum Gasteiger partial charge on any atom is -0.383 e. The molecule has 1 aliphatic carbocycles. The molecule has 3 aliphatic heterocycles. The van der Waals surface area contributed by atoms with Gasteiger partial charge in [0.1, 0.15) is 17.3 Å². The molecule has 0 aromatic carbocycles. The van der Waals surface area contributed by atoms with Crippen molar-refractivity contribution in [2.75, 3.05) is 13.1 Å². The number of fused-ring (bicyclic) bond motifs is 3. The normalized spacial score (nSPS) is 32.9. The van der Waals surface area contributed by atoms with Crippen LogP contribution in [-0.2, 0) is 16.9 Å². The number of hydrogen-bond acceptors (Lipinski definition) is 4. The van der Waals surface area contributed by atoms with E-state index in [1.165, 1.54) is 4.90 Å². The number of hydrogen-bond donors (Lipinski definition) is 3. The summed E-state index contributed by atoms with van der Waals surface area (Å²) in [6.07, 6.45) is 7.87. The molecule has 26 heavy (non-hydrogen) atoms. The number of nitrogens with one attached hydrogen (secondary N) is 2. The molecular weight excluding hydrogens is 330 g/mol. The largest absolute Gasteiger partial charge is 0.383 e. The van der Waals surface area contributed by atoms with Crippen molar-refractivity contribution < 1.29 is 14.8 Å². The van der Waals surface area contributed by atoms with E-state index < -0.39 is 5.60 Å². The maximum absolute atomic E-state index is 12.5. The van der Waals surface area contributed by atoms with E-state index in [2.05, 4.69) is 15.6 Å². The topological polar surface area (TPSA) is 84.5 Å². The molecule has 7 heteroatoms. The smallest absolute Gasteiger partial charge is 0.229 e. The number of quaternary nitrogens is 1. The van der Waals surface area contributed by atoms with E-state index >= 15 is 0 Å². The van der Waals surface area contributed by atoms with E-state index in [1.54, 1.807) is 0 Å². The van der Waals surface area contributed by atoms with Crippen LogP contribution in [0.1, 0.15) is 58.1 Å². The van der Waals surface area contributed by atoms with E-state index in [1.807, 2.05) is 24.7 Å². The van der Waals surface area contributed by atoms with Crippen molar-refractivity contribution in [1.29, 1.82) is 0 Å². The molecule has 2 bridgehead atoms. The standard InChI is InChI=1S/C19H31N5O2/c1-13(2)20-18(25)16-11-23-8-5-14(16)9-15(23)10-24-12-17(21-22-24)19(26)6-3-4-7-19/h12-16,26H,3-11H2,1-2H3,(H,20,25)/p+1/t14-,15+,16-/m0/s1. The van der Waals surface area contributed by atoms with Crippen LogP contribution in [0.25, 0.3) is 0 Å². The van der Waals surface area contributed by atoms with Crippen molar-refractivity contribution in [2.45, 2.75) is 76.6 Å². The van der Waals surface area contributed by atoms with Crippen molar-refractivity contribution in [3.63, 3.8) is 0 Å². The second-order valence-electron chi connectivity index (χ2n) is 8.93. The van der Waals surface area contributed by atoms with Gasteiger partial charge in [0, 0.05) is 18.9 Å². The molecule has 4 atom stereocenters. The fourth-order valence-electron chi connectivity index (χ4n) is 5.25. The van der Waals surface area contributed by atoms with E-state index in [-0.39, 0.29) is 17.9 Å². The monoisotopic (exact) mass is 362 g/mol. The summed E-state index contributed by atoms with van der Waals surface area (Å²) in [6.45, 7) is 6.95. The highest BCUT2D eigenvalue weighted by Crippen LogP contribution is 2.37. The van der Waals surface area contributed by atoms with Crippen LogP contribution >= 0.6 is 0 Å². The quantitative estimate of drug-likeness (QED) is 0.681. The number of carbonyl (C=O) groups excluding carboxylic acids is 1. The summed E-state index contributed by atoms with van der Waals surface area (Å²) < 4.78 is 1.91. The summed E-state index contributed by atoms with van der Waals surface area (Å²) in [5.41, 5.74) is -0.0352. The Balaban J connectivity index is 1.39. The molecule has 7 nitrogen and oxygen atoms in total. The van der Waals surface area contributed by atoms with Gasteiger partial charge in [0.2, 0.25) is 5.91 Å². The molecule has 1 amide bonds. The van der Waals surface area contributed by atoms with E-state index in [0.29, 0.717) is 12.0 Å². The molecule has 4 aliphatic rings. The molecule has 1 saturated carbocycles. The molecule has 3 N–H and O–H groups in total. The predicted molar refractivity (Wildman–Crippen MR) is 96.4 cm³/mol. The van der Waals surface area contributed by atoms with E-state index in [9.17, 15) is 9.90 Å². The molecule has 1 unspecified atom stereocenters. The molecular formula is C19H32N5O2+. The second kappa shape index (κ2) is 6.93. The minimum absolute atomic E-state index is 0.155. The third kappa shape index (κ3) is 3.39. The summed E-state index contributed by atoms with van der Waals surface area (Å²) >= 11 is 0. The Bertz CT molecular complexity index is 652. The molecule has 4 heterocycles. The highest BCUT2D eigenvalue weighted by molar-refractivity contribution is 5.79. The number of rotatable bonds is 5. The fourth-order valence-corrected chi connectivity index (χ4v) is 5.25. The zero-order valence-corrected chi connectivity index (χ0v) is 15.9. The summed E-state index contributed by atoms with van der Waals surface area (Å²) in [5.74, 6) is 0.869. The SMILES string of the molecule is CC(C)NC(=O)[C@H]1C[NH+]2CC[C@H]1C[C@@H]2Cn1cc(C2(O)CCCC2)nn1. The van der Waals surface area contributed by atoms with Crippen LogP contribution in [0, 0.1) is 11.8 Å². The first-order valence-corrected chi connectivity index (χ1v) is 10.2. The third-order valence-corrected chi connectivity index (χ3v) is 6.67. The van der Waals surface area contributed by atoms with Gasteiger partial charge in [-0.05, 0) is 32.6 Å². The lowest BCUT2D eigenvalue weighted by atomic mass is 9.75. The van der Waals surface area contributed by atoms with Crippen LogP contribution in [0.15, 0.2) is 6.20 Å². The Labute approximate surface area is 155 Å². The lowest BCUT2D eigenvalue weighted by molar-refractivity contribution is -0.945. The number of aliphatic hydroxyl groups is 1. The van der Waals surface area contributed by atoms with Gasteiger partial charge in [-0.25, -0.2) is 4.68 Å². The summed E-state index contributed by atoms with van der Waals surface area (Å²) in [4.78, 5) is 14.0. The fraction of sp³-hybridized carbons (Fsp3) is 0.842. The molecule has 1 aromatic rings. The Morgan fingerprint density at radius 1 is 1.46 bits per heavy atom. The van der Waals surface area contributed by atoms with Crippen molar-refractivity contribution in [3.8, 4) is 0 Å². The summed E-state index contributed by atoms with van der Waals surface area (Å²) in [7, 11) is 0. The van der Waals surface area contributed by atoms with E-state index in [4.69, 9.17) is 0 Å². The number of nitrogens with zero attached hydrogens (tertiary/aromatic N) is 3. The predicted octanol–water partition coefficient (Wildman–Crippen LogP) is -0.142.